The number of carbonyl (C=O) groups excluding carboxylic acids is 1. The molecule has 1 fully saturated rings. The number of hydrogen-bond acceptors (Lipinski definition) is 3. The molecule has 0 atom stereocenters. The molecule has 2 heterocycles. The van der Waals surface area contributed by atoms with Gasteiger partial charge in [-0.15, -0.1) is 0 Å². The van der Waals surface area contributed by atoms with Gasteiger partial charge in [-0.05, 0) is 43.0 Å². The third kappa shape index (κ3) is 3.90. The molecular formula is C24H28N4O. The molecule has 29 heavy (non-hydrogen) atoms. The highest BCUT2D eigenvalue weighted by Crippen LogP contribution is 2.26. The Labute approximate surface area is 172 Å². The molecule has 0 N–H and O–H groups in total. The monoisotopic (exact) mass is 388 g/mol. The van der Waals surface area contributed by atoms with E-state index < -0.39 is 0 Å². The summed E-state index contributed by atoms with van der Waals surface area (Å²) in [6.45, 7) is 4.85. The van der Waals surface area contributed by atoms with Gasteiger partial charge in [0.1, 0.15) is 0 Å². The number of carbonyl (C=O) groups is 1. The molecule has 5 nitrogen and oxygen atoms in total. The zero-order valence-corrected chi connectivity index (χ0v) is 17.2. The van der Waals surface area contributed by atoms with Gasteiger partial charge < -0.3 is 9.80 Å². The van der Waals surface area contributed by atoms with Crippen LogP contribution in [0.4, 0.5) is 5.69 Å². The Morgan fingerprint density at radius 1 is 1.03 bits per heavy atom. The highest BCUT2D eigenvalue weighted by Gasteiger charge is 2.22. The fourth-order valence-corrected chi connectivity index (χ4v) is 4.13. The molecule has 1 aliphatic rings. The number of amides is 1. The Hall–Kier alpha value is -3.08. The molecule has 5 heteroatoms. The maximum atomic E-state index is 13.3. The largest absolute Gasteiger partial charge is 0.371 e. The van der Waals surface area contributed by atoms with Crippen LogP contribution in [-0.2, 0) is 13.0 Å². The van der Waals surface area contributed by atoms with Gasteiger partial charge in [0.05, 0.1) is 23.1 Å². The smallest absolute Gasteiger partial charge is 0.257 e. The van der Waals surface area contributed by atoms with E-state index in [-0.39, 0.29) is 5.91 Å². The Kier molecular flexibility index (Phi) is 5.65. The van der Waals surface area contributed by atoms with Gasteiger partial charge in [0.15, 0.2) is 0 Å². The number of hydrogen-bond donors (Lipinski definition) is 0. The fourth-order valence-electron chi connectivity index (χ4n) is 4.13. The van der Waals surface area contributed by atoms with Crippen molar-refractivity contribution in [3.63, 3.8) is 0 Å². The summed E-state index contributed by atoms with van der Waals surface area (Å²) in [5.74, 6) is 0.0141. The lowest BCUT2D eigenvalue weighted by atomic mass is 10.1. The number of rotatable bonds is 6. The van der Waals surface area contributed by atoms with Crippen molar-refractivity contribution in [2.45, 2.75) is 32.7 Å². The van der Waals surface area contributed by atoms with Crippen LogP contribution < -0.4 is 4.90 Å². The second-order valence-electron chi connectivity index (χ2n) is 7.59. The molecule has 1 saturated heterocycles. The predicted molar refractivity (Wildman–Crippen MR) is 117 cm³/mol. The van der Waals surface area contributed by atoms with Gasteiger partial charge in [-0.25, -0.2) is 4.68 Å². The molecule has 0 aliphatic carbocycles. The SMILES string of the molecule is CCc1c(C(=O)N(C)Cc2ccccc2N2CCCC2)cnn1-c1ccccc1. The standard InChI is InChI=1S/C24H28N4O/c1-3-22-21(17-25-28(22)20-12-5-4-6-13-20)24(29)26(2)18-19-11-7-8-14-23(19)27-15-9-10-16-27/h4-8,11-14,17H,3,9-10,15-16,18H2,1-2H3. The van der Waals surface area contributed by atoms with Gasteiger partial charge in [0.2, 0.25) is 0 Å². The van der Waals surface area contributed by atoms with Crippen LogP contribution in [0, 0.1) is 0 Å². The highest BCUT2D eigenvalue weighted by atomic mass is 16.2. The van der Waals surface area contributed by atoms with Crippen LogP contribution in [0.3, 0.4) is 0 Å². The van der Waals surface area contributed by atoms with Gasteiger partial charge in [-0.3, -0.25) is 4.79 Å². The van der Waals surface area contributed by atoms with Crippen LogP contribution >= 0.6 is 0 Å². The fraction of sp³-hybridized carbons (Fsp3) is 0.333. The molecule has 1 aliphatic heterocycles. The van der Waals surface area contributed by atoms with Crippen molar-refractivity contribution in [2.24, 2.45) is 0 Å². The minimum absolute atomic E-state index is 0.0141. The van der Waals surface area contributed by atoms with Crippen LogP contribution in [0.2, 0.25) is 0 Å². The molecule has 1 amide bonds. The molecule has 3 aromatic rings. The number of benzene rings is 2. The topological polar surface area (TPSA) is 41.4 Å². The number of aromatic nitrogens is 2. The molecule has 150 valence electrons. The van der Waals surface area contributed by atoms with E-state index in [0.717, 1.165) is 30.9 Å². The van der Waals surface area contributed by atoms with Crippen molar-refractivity contribution < 1.29 is 4.79 Å². The summed E-state index contributed by atoms with van der Waals surface area (Å²) in [7, 11) is 1.88. The van der Waals surface area contributed by atoms with E-state index in [2.05, 4.69) is 41.2 Å². The van der Waals surface area contributed by atoms with Crippen LogP contribution in [-0.4, -0.2) is 40.7 Å². The minimum atomic E-state index is 0.0141. The average Bonchev–Trinajstić information content (AvgIpc) is 3.44. The number of para-hydroxylation sites is 2. The number of anilines is 1. The van der Waals surface area contributed by atoms with Gasteiger partial charge >= 0.3 is 0 Å². The lowest BCUT2D eigenvalue weighted by Crippen LogP contribution is -2.28. The van der Waals surface area contributed by atoms with E-state index >= 15 is 0 Å². The van der Waals surface area contributed by atoms with E-state index in [1.165, 1.54) is 24.1 Å². The van der Waals surface area contributed by atoms with Crippen molar-refractivity contribution in [1.82, 2.24) is 14.7 Å². The van der Waals surface area contributed by atoms with E-state index in [1.54, 1.807) is 11.1 Å². The third-order valence-corrected chi connectivity index (χ3v) is 5.63. The van der Waals surface area contributed by atoms with Crippen molar-refractivity contribution in [3.05, 3.63) is 77.6 Å². The molecule has 0 unspecified atom stereocenters. The van der Waals surface area contributed by atoms with Crippen LogP contribution in [0.5, 0.6) is 0 Å². The van der Waals surface area contributed by atoms with Gasteiger partial charge in [-0.1, -0.05) is 43.3 Å². The van der Waals surface area contributed by atoms with Gasteiger partial charge in [0.25, 0.3) is 5.91 Å². The maximum absolute atomic E-state index is 13.3. The summed E-state index contributed by atoms with van der Waals surface area (Å²) in [6, 6.07) is 18.4. The minimum Gasteiger partial charge on any atom is -0.371 e. The Morgan fingerprint density at radius 2 is 1.72 bits per heavy atom. The second-order valence-corrected chi connectivity index (χ2v) is 7.59. The van der Waals surface area contributed by atoms with Crippen molar-refractivity contribution in [1.29, 1.82) is 0 Å². The van der Waals surface area contributed by atoms with E-state index in [1.807, 2.05) is 42.1 Å². The van der Waals surface area contributed by atoms with Crippen molar-refractivity contribution in [3.8, 4) is 5.69 Å². The second kappa shape index (κ2) is 8.52. The summed E-state index contributed by atoms with van der Waals surface area (Å²) >= 11 is 0. The van der Waals surface area contributed by atoms with Crippen LogP contribution in [0.1, 0.15) is 41.4 Å². The summed E-state index contributed by atoms with van der Waals surface area (Å²) in [5.41, 5.74) is 5.04. The molecular weight excluding hydrogens is 360 g/mol. The van der Waals surface area contributed by atoms with E-state index in [9.17, 15) is 4.79 Å². The van der Waals surface area contributed by atoms with Crippen LogP contribution in [0.15, 0.2) is 60.8 Å². The molecule has 4 rings (SSSR count). The molecule has 2 aromatic carbocycles. The molecule has 0 bridgehead atoms. The summed E-state index contributed by atoms with van der Waals surface area (Å²) in [5, 5.41) is 4.51. The molecule has 0 radical (unpaired) electrons. The first kappa shape index (κ1) is 19.2. The normalized spacial score (nSPS) is 13.7. The quantitative estimate of drug-likeness (QED) is 0.632. The Morgan fingerprint density at radius 3 is 2.45 bits per heavy atom. The maximum Gasteiger partial charge on any atom is 0.257 e. The van der Waals surface area contributed by atoms with Gasteiger partial charge in [-0.2, -0.15) is 5.10 Å². The average molecular weight is 389 g/mol. The first-order valence-electron chi connectivity index (χ1n) is 10.4. The summed E-state index contributed by atoms with van der Waals surface area (Å²) < 4.78 is 1.87. The van der Waals surface area contributed by atoms with Crippen LogP contribution in [0.25, 0.3) is 5.69 Å². The summed E-state index contributed by atoms with van der Waals surface area (Å²) in [6.07, 6.45) is 4.93. The number of nitrogens with zero attached hydrogens (tertiary/aromatic N) is 4. The van der Waals surface area contributed by atoms with Crippen molar-refractivity contribution >= 4 is 11.6 Å². The molecule has 0 spiro atoms. The molecule has 1 aromatic heterocycles. The first-order chi connectivity index (χ1) is 14.2. The lowest BCUT2D eigenvalue weighted by Gasteiger charge is -2.24. The van der Waals surface area contributed by atoms with Gasteiger partial charge in [0, 0.05) is 32.4 Å². The predicted octanol–water partition coefficient (Wildman–Crippen LogP) is 4.31. The lowest BCUT2D eigenvalue weighted by molar-refractivity contribution is 0.0784. The van der Waals surface area contributed by atoms with E-state index in [4.69, 9.17) is 0 Å². The Bertz CT molecular complexity index is 974. The van der Waals surface area contributed by atoms with E-state index in [0.29, 0.717) is 12.1 Å². The highest BCUT2D eigenvalue weighted by molar-refractivity contribution is 5.95. The Balaban J connectivity index is 1.57. The third-order valence-electron chi connectivity index (χ3n) is 5.63. The molecule has 0 saturated carbocycles. The van der Waals surface area contributed by atoms with Crippen molar-refractivity contribution in [2.75, 3.05) is 25.0 Å². The zero-order chi connectivity index (χ0) is 20.2. The summed E-state index contributed by atoms with van der Waals surface area (Å²) in [4.78, 5) is 17.5. The first-order valence-corrected chi connectivity index (χ1v) is 10.4. The zero-order valence-electron chi connectivity index (χ0n) is 17.2.